The Kier molecular flexibility index (Phi) is 7.71. The van der Waals surface area contributed by atoms with E-state index in [9.17, 15) is 4.79 Å². The third-order valence-electron chi connectivity index (χ3n) is 4.59. The number of hydrogen-bond acceptors (Lipinski definition) is 3. The Labute approximate surface area is 177 Å². The zero-order chi connectivity index (χ0) is 21.2. The number of guanidine groups is 1. The van der Waals surface area contributed by atoms with E-state index in [0.29, 0.717) is 18.9 Å². The van der Waals surface area contributed by atoms with Gasteiger partial charge in [0.05, 0.1) is 6.54 Å². The van der Waals surface area contributed by atoms with E-state index in [1.807, 2.05) is 18.2 Å². The number of nitrogens with zero attached hydrogens (tertiary/aromatic N) is 2. The number of para-hydroxylation sites is 1. The Morgan fingerprint density at radius 1 is 1.07 bits per heavy atom. The molecule has 7 heteroatoms. The number of aromatic nitrogens is 1. The van der Waals surface area contributed by atoms with Crippen LogP contribution >= 0.6 is 0 Å². The maximum absolute atomic E-state index is 11.1. The maximum atomic E-state index is 11.1. The Morgan fingerprint density at radius 3 is 2.73 bits per heavy atom. The molecule has 0 spiro atoms. The number of carbonyl (C=O) groups is 1. The van der Waals surface area contributed by atoms with Crippen molar-refractivity contribution in [3.8, 4) is 5.75 Å². The van der Waals surface area contributed by atoms with Crippen LogP contribution in [-0.2, 0) is 11.3 Å². The molecule has 1 aromatic heterocycles. The van der Waals surface area contributed by atoms with E-state index in [-0.39, 0.29) is 5.91 Å². The molecule has 1 heterocycles. The van der Waals surface area contributed by atoms with Crippen LogP contribution in [-0.4, -0.2) is 43.2 Å². The first-order valence-corrected chi connectivity index (χ1v) is 10.1. The fraction of sp³-hybridized carbons (Fsp3) is 0.304. The second-order valence-corrected chi connectivity index (χ2v) is 6.90. The number of nitrogens with one attached hydrogen (secondary N) is 3. The molecule has 0 fully saturated rings. The van der Waals surface area contributed by atoms with Gasteiger partial charge in [-0.2, -0.15) is 0 Å². The van der Waals surface area contributed by atoms with Gasteiger partial charge in [0, 0.05) is 50.5 Å². The molecule has 0 atom stereocenters. The van der Waals surface area contributed by atoms with E-state index in [1.54, 1.807) is 13.1 Å². The molecule has 1 amide bonds. The molecular formula is C23H29N5O2. The number of ether oxygens (including phenoxy) is 1. The second kappa shape index (κ2) is 10.9. The Bertz CT molecular complexity index is 996. The average molecular weight is 408 g/mol. The molecule has 0 saturated carbocycles. The summed E-state index contributed by atoms with van der Waals surface area (Å²) in [5.41, 5.74) is 1.99. The van der Waals surface area contributed by atoms with Gasteiger partial charge in [-0.3, -0.25) is 9.79 Å². The van der Waals surface area contributed by atoms with Crippen LogP contribution in [0.1, 0.15) is 13.3 Å². The minimum atomic E-state index is -0.103. The van der Waals surface area contributed by atoms with E-state index in [4.69, 9.17) is 4.74 Å². The monoisotopic (exact) mass is 407 g/mol. The van der Waals surface area contributed by atoms with Gasteiger partial charge in [0.15, 0.2) is 5.96 Å². The van der Waals surface area contributed by atoms with Crippen LogP contribution in [0.5, 0.6) is 5.75 Å². The van der Waals surface area contributed by atoms with Crippen molar-refractivity contribution < 1.29 is 9.53 Å². The van der Waals surface area contributed by atoms with E-state index >= 15 is 0 Å². The molecule has 30 heavy (non-hydrogen) atoms. The summed E-state index contributed by atoms with van der Waals surface area (Å²) in [6, 6.07) is 17.9. The quantitative estimate of drug-likeness (QED) is 0.289. The molecule has 0 aliphatic carbocycles. The molecule has 158 valence electrons. The summed E-state index contributed by atoms with van der Waals surface area (Å²) in [5.74, 6) is 1.36. The Balaban J connectivity index is 1.34. The highest BCUT2D eigenvalue weighted by Gasteiger charge is 2.02. The van der Waals surface area contributed by atoms with E-state index < -0.39 is 0 Å². The predicted molar refractivity (Wildman–Crippen MR) is 122 cm³/mol. The van der Waals surface area contributed by atoms with E-state index in [0.717, 1.165) is 31.2 Å². The van der Waals surface area contributed by atoms with Crippen LogP contribution in [0.3, 0.4) is 0 Å². The fourth-order valence-corrected chi connectivity index (χ4v) is 3.22. The van der Waals surface area contributed by atoms with Crippen molar-refractivity contribution in [1.29, 1.82) is 0 Å². The second-order valence-electron chi connectivity index (χ2n) is 6.90. The lowest BCUT2D eigenvalue weighted by atomic mass is 10.2. The van der Waals surface area contributed by atoms with E-state index in [1.165, 1.54) is 17.8 Å². The number of aliphatic imine (C=N–C) groups is 1. The van der Waals surface area contributed by atoms with Gasteiger partial charge >= 0.3 is 0 Å². The van der Waals surface area contributed by atoms with Crippen LogP contribution in [0.4, 0.5) is 5.69 Å². The highest BCUT2D eigenvalue weighted by Crippen LogP contribution is 2.17. The molecule has 0 unspecified atom stereocenters. The number of rotatable bonds is 9. The first-order valence-electron chi connectivity index (χ1n) is 10.1. The number of benzene rings is 2. The smallest absolute Gasteiger partial charge is 0.221 e. The summed E-state index contributed by atoms with van der Waals surface area (Å²) < 4.78 is 8.01. The maximum Gasteiger partial charge on any atom is 0.221 e. The van der Waals surface area contributed by atoms with Crippen LogP contribution < -0.4 is 20.7 Å². The SMILES string of the molecule is CN=C(NCCCn1ccc2ccccc21)NCCOc1cccc(NC(C)=O)c1. The molecule has 0 bridgehead atoms. The molecule has 3 rings (SSSR count). The molecule has 3 aromatic rings. The Morgan fingerprint density at radius 2 is 1.90 bits per heavy atom. The number of fused-ring (bicyclic) bond motifs is 1. The van der Waals surface area contributed by atoms with Gasteiger partial charge in [0.1, 0.15) is 12.4 Å². The van der Waals surface area contributed by atoms with Crippen molar-refractivity contribution in [3.05, 3.63) is 60.8 Å². The van der Waals surface area contributed by atoms with Crippen molar-refractivity contribution in [2.75, 3.05) is 32.1 Å². The standard InChI is InChI=1S/C23H29N5O2/c1-18(29)27-20-8-5-9-21(17-20)30-16-13-26-23(24-2)25-12-6-14-28-15-11-19-7-3-4-10-22(19)28/h3-5,7-11,15,17H,6,12-14,16H2,1-2H3,(H,27,29)(H2,24,25,26). The minimum Gasteiger partial charge on any atom is -0.492 e. The summed E-state index contributed by atoms with van der Waals surface area (Å²) in [5, 5.41) is 10.6. The molecule has 2 aromatic carbocycles. The van der Waals surface area contributed by atoms with Crippen LogP contribution in [0.25, 0.3) is 10.9 Å². The van der Waals surface area contributed by atoms with Crippen molar-refractivity contribution in [1.82, 2.24) is 15.2 Å². The lowest BCUT2D eigenvalue weighted by Gasteiger charge is -2.13. The molecule has 0 saturated heterocycles. The predicted octanol–water partition coefficient (Wildman–Crippen LogP) is 3.23. The molecule has 3 N–H and O–H groups in total. The summed E-state index contributed by atoms with van der Waals surface area (Å²) >= 11 is 0. The van der Waals surface area contributed by atoms with Gasteiger partial charge in [0.25, 0.3) is 0 Å². The highest BCUT2D eigenvalue weighted by atomic mass is 16.5. The van der Waals surface area contributed by atoms with E-state index in [2.05, 4.69) is 62.0 Å². The van der Waals surface area contributed by atoms with Crippen LogP contribution in [0.2, 0.25) is 0 Å². The van der Waals surface area contributed by atoms with Gasteiger partial charge in [-0.15, -0.1) is 0 Å². The van der Waals surface area contributed by atoms with Gasteiger partial charge in [-0.1, -0.05) is 24.3 Å². The van der Waals surface area contributed by atoms with Crippen molar-refractivity contribution in [2.45, 2.75) is 19.9 Å². The van der Waals surface area contributed by atoms with Gasteiger partial charge < -0.3 is 25.3 Å². The fourth-order valence-electron chi connectivity index (χ4n) is 3.22. The average Bonchev–Trinajstić information content (AvgIpc) is 3.15. The van der Waals surface area contributed by atoms with Crippen LogP contribution in [0, 0.1) is 0 Å². The third-order valence-corrected chi connectivity index (χ3v) is 4.59. The normalized spacial score (nSPS) is 11.3. The topological polar surface area (TPSA) is 79.7 Å². The zero-order valence-corrected chi connectivity index (χ0v) is 17.5. The lowest BCUT2D eigenvalue weighted by molar-refractivity contribution is -0.114. The lowest BCUT2D eigenvalue weighted by Crippen LogP contribution is -2.39. The molecule has 0 radical (unpaired) electrons. The summed E-state index contributed by atoms with van der Waals surface area (Å²) in [4.78, 5) is 15.4. The molecule has 0 aliphatic rings. The van der Waals surface area contributed by atoms with Crippen molar-refractivity contribution in [3.63, 3.8) is 0 Å². The van der Waals surface area contributed by atoms with Crippen molar-refractivity contribution in [2.24, 2.45) is 4.99 Å². The number of hydrogen-bond donors (Lipinski definition) is 3. The Hall–Kier alpha value is -3.48. The van der Waals surface area contributed by atoms with Gasteiger partial charge in [0.2, 0.25) is 5.91 Å². The van der Waals surface area contributed by atoms with Crippen LogP contribution in [0.15, 0.2) is 65.8 Å². The largest absolute Gasteiger partial charge is 0.492 e. The zero-order valence-electron chi connectivity index (χ0n) is 17.5. The summed E-state index contributed by atoms with van der Waals surface area (Å²) in [6.45, 7) is 4.36. The van der Waals surface area contributed by atoms with Gasteiger partial charge in [-0.25, -0.2) is 0 Å². The number of amides is 1. The molecule has 7 nitrogen and oxygen atoms in total. The number of carbonyl (C=O) groups excluding carboxylic acids is 1. The van der Waals surface area contributed by atoms with Gasteiger partial charge in [-0.05, 0) is 36.1 Å². The van der Waals surface area contributed by atoms with Crippen molar-refractivity contribution >= 4 is 28.5 Å². The molecule has 0 aliphatic heterocycles. The molecular weight excluding hydrogens is 378 g/mol. The summed E-state index contributed by atoms with van der Waals surface area (Å²) in [6.07, 6.45) is 3.13. The third kappa shape index (κ3) is 6.27. The highest BCUT2D eigenvalue weighted by molar-refractivity contribution is 5.88. The summed E-state index contributed by atoms with van der Waals surface area (Å²) in [7, 11) is 1.76. The number of anilines is 1. The first-order chi connectivity index (χ1) is 14.7. The minimum absolute atomic E-state index is 0.103. The number of aryl methyl sites for hydroxylation is 1. The first kappa shape index (κ1) is 21.2.